The van der Waals surface area contributed by atoms with Crippen LogP contribution in [0.15, 0.2) is 53.0 Å². The average Bonchev–Trinajstić information content (AvgIpc) is 2.95. The van der Waals surface area contributed by atoms with E-state index in [1.165, 1.54) is 5.56 Å². The molecule has 5 heteroatoms. The average molecular weight is 386 g/mol. The standard InChI is InChI=1S/C19H20BrN3O/c1-3-18(24)21-13(2)19-22-16-6-4-5-7-17(16)23(19)12-14-8-10-15(20)11-9-14/h4-11,13H,3,12H2,1-2H3,(H,21,24). The molecule has 0 radical (unpaired) electrons. The lowest BCUT2D eigenvalue weighted by atomic mass is 10.2. The first kappa shape index (κ1) is 16.7. The van der Waals surface area contributed by atoms with E-state index in [0.717, 1.165) is 27.9 Å². The van der Waals surface area contributed by atoms with Crippen molar-refractivity contribution in [3.05, 3.63) is 64.4 Å². The topological polar surface area (TPSA) is 46.9 Å². The number of fused-ring (bicyclic) bond motifs is 1. The molecule has 1 aromatic heterocycles. The molecule has 0 aliphatic heterocycles. The Bertz CT molecular complexity index is 855. The first-order valence-electron chi connectivity index (χ1n) is 8.07. The SMILES string of the molecule is CCC(=O)NC(C)c1nc2ccccc2n1Cc1ccc(Br)cc1. The molecular formula is C19H20BrN3O. The van der Waals surface area contributed by atoms with Crippen molar-refractivity contribution in [1.29, 1.82) is 0 Å². The normalized spacial score (nSPS) is 12.3. The Labute approximate surface area is 150 Å². The van der Waals surface area contributed by atoms with Crippen LogP contribution in [0.25, 0.3) is 11.0 Å². The number of benzene rings is 2. The minimum atomic E-state index is -0.139. The van der Waals surface area contributed by atoms with Crippen molar-refractivity contribution < 1.29 is 4.79 Å². The fourth-order valence-corrected chi connectivity index (χ4v) is 3.04. The number of carbonyl (C=O) groups is 1. The molecule has 1 heterocycles. The van der Waals surface area contributed by atoms with Gasteiger partial charge in [-0.15, -0.1) is 0 Å². The van der Waals surface area contributed by atoms with Gasteiger partial charge in [0.25, 0.3) is 0 Å². The van der Waals surface area contributed by atoms with Gasteiger partial charge < -0.3 is 9.88 Å². The Morgan fingerprint density at radius 1 is 1.21 bits per heavy atom. The van der Waals surface area contributed by atoms with Gasteiger partial charge in [0.2, 0.25) is 5.91 Å². The van der Waals surface area contributed by atoms with Crippen LogP contribution in [0.4, 0.5) is 0 Å². The van der Waals surface area contributed by atoms with Gasteiger partial charge >= 0.3 is 0 Å². The van der Waals surface area contributed by atoms with E-state index < -0.39 is 0 Å². The summed E-state index contributed by atoms with van der Waals surface area (Å²) in [7, 11) is 0. The van der Waals surface area contributed by atoms with Crippen molar-refractivity contribution in [2.24, 2.45) is 0 Å². The first-order chi connectivity index (χ1) is 11.6. The molecule has 24 heavy (non-hydrogen) atoms. The molecule has 0 bridgehead atoms. The molecule has 0 saturated heterocycles. The zero-order valence-corrected chi connectivity index (χ0v) is 15.4. The lowest BCUT2D eigenvalue weighted by molar-refractivity contribution is -0.121. The lowest BCUT2D eigenvalue weighted by Crippen LogP contribution is -2.28. The Morgan fingerprint density at radius 2 is 1.92 bits per heavy atom. The smallest absolute Gasteiger partial charge is 0.220 e. The summed E-state index contributed by atoms with van der Waals surface area (Å²) in [6.07, 6.45) is 0.470. The first-order valence-corrected chi connectivity index (χ1v) is 8.86. The number of hydrogen-bond donors (Lipinski definition) is 1. The van der Waals surface area contributed by atoms with Gasteiger partial charge in [-0.2, -0.15) is 0 Å². The van der Waals surface area contributed by atoms with Gasteiger partial charge in [0.1, 0.15) is 5.82 Å². The van der Waals surface area contributed by atoms with Crippen molar-refractivity contribution >= 4 is 32.9 Å². The molecule has 3 rings (SSSR count). The number of aromatic nitrogens is 2. The molecule has 0 spiro atoms. The van der Waals surface area contributed by atoms with Crippen LogP contribution in [-0.2, 0) is 11.3 Å². The molecule has 0 fully saturated rings. The molecule has 2 aromatic carbocycles. The molecule has 1 N–H and O–H groups in total. The minimum Gasteiger partial charge on any atom is -0.346 e. The van der Waals surface area contributed by atoms with Crippen LogP contribution >= 0.6 is 15.9 Å². The number of hydrogen-bond acceptors (Lipinski definition) is 2. The molecule has 4 nitrogen and oxygen atoms in total. The number of halogens is 1. The largest absolute Gasteiger partial charge is 0.346 e. The van der Waals surface area contributed by atoms with Gasteiger partial charge in [0.15, 0.2) is 0 Å². The van der Waals surface area contributed by atoms with E-state index in [2.05, 4.69) is 44.0 Å². The molecule has 3 aromatic rings. The van der Waals surface area contributed by atoms with Crippen molar-refractivity contribution in [2.75, 3.05) is 0 Å². The quantitative estimate of drug-likeness (QED) is 0.705. The summed E-state index contributed by atoms with van der Waals surface area (Å²) in [6.45, 7) is 4.55. The maximum atomic E-state index is 11.8. The third-order valence-electron chi connectivity index (χ3n) is 4.02. The van der Waals surface area contributed by atoms with E-state index >= 15 is 0 Å². The Balaban J connectivity index is 2.01. The number of nitrogens with zero attached hydrogens (tertiary/aromatic N) is 2. The molecular weight excluding hydrogens is 366 g/mol. The third-order valence-corrected chi connectivity index (χ3v) is 4.55. The summed E-state index contributed by atoms with van der Waals surface area (Å²) in [5.41, 5.74) is 3.21. The highest BCUT2D eigenvalue weighted by Gasteiger charge is 2.18. The fourth-order valence-electron chi connectivity index (χ4n) is 2.77. The highest BCUT2D eigenvalue weighted by molar-refractivity contribution is 9.10. The van der Waals surface area contributed by atoms with Crippen LogP contribution in [0.3, 0.4) is 0 Å². The Morgan fingerprint density at radius 3 is 2.62 bits per heavy atom. The van der Waals surface area contributed by atoms with E-state index in [-0.39, 0.29) is 11.9 Å². The van der Waals surface area contributed by atoms with Gasteiger partial charge in [-0.05, 0) is 36.8 Å². The fraction of sp³-hybridized carbons (Fsp3) is 0.263. The van der Waals surface area contributed by atoms with E-state index in [0.29, 0.717) is 6.42 Å². The minimum absolute atomic E-state index is 0.0322. The molecule has 1 amide bonds. The van der Waals surface area contributed by atoms with Crippen molar-refractivity contribution in [3.8, 4) is 0 Å². The van der Waals surface area contributed by atoms with Crippen LogP contribution in [0.1, 0.15) is 37.7 Å². The van der Waals surface area contributed by atoms with Crippen molar-refractivity contribution in [2.45, 2.75) is 32.9 Å². The monoisotopic (exact) mass is 385 g/mol. The molecule has 124 valence electrons. The summed E-state index contributed by atoms with van der Waals surface area (Å²) < 4.78 is 3.24. The number of rotatable bonds is 5. The summed E-state index contributed by atoms with van der Waals surface area (Å²) in [4.78, 5) is 16.5. The van der Waals surface area contributed by atoms with Gasteiger partial charge in [-0.1, -0.05) is 47.1 Å². The summed E-state index contributed by atoms with van der Waals surface area (Å²) in [5, 5.41) is 3.01. The predicted octanol–water partition coefficient (Wildman–Crippen LogP) is 4.43. The second kappa shape index (κ2) is 7.18. The van der Waals surface area contributed by atoms with Crippen LogP contribution in [-0.4, -0.2) is 15.5 Å². The second-order valence-corrected chi connectivity index (χ2v) is 6.73. The maximum Gasteiger partial charge on any atom is 0.220 e. The van der Waals surface area contributed by atoms with Gasteiger partial charge in [-0.3, -0.25) is 4.79 Å². The highest BCUT2D eigenvalue weighted by Crippen LogP contribution is 2.23. The van der Waals surface area contributed by atoms with E-state index in [4.69, 9.17) is 4.98 Å². The van der Waals surface area contributed by atoms with Gasteiger partial charge in [0.05, 0.1) is 17.1 Å². The number of carbonyl (C=O) groups excluding carboxylic acids is 1. The zero-order chi connectivity index (χ0) is 17.1. The van der Waals surface area contributed by atoms with E-state index in [1.54, 1.807) is 0 Å². The third kappa shape index (κ3) is 3.51. The van der Waals surface area contributed by atoms with Gasteiger partial charge in [-0.25, -0.2) is 4.98 Å². The van der Waals surface area contributed by atoms with Crippen molar-refractivity contribution in [1.82, 2.24) is 14.9 Å². The zero-order valence-electron chi connectivity index (χ0n) is 13.8. The number of imidazole rings is 1. The summed E-state index contributed by atoms with van der Waals surface area (Å²) >= 11 is 3.47. The molecule has 0 aliphatic carbocycles. The van der Waals surface area contributed by atoms with Gasteiger partial charge in [0, 0.05) is 17.4 Å². The van der Waals surface area contributed by atoms with Crippen LogP contribution in [0.2, 0.25) is 0 Å². The van der Waals surface area contributed by atoms with Crippen LogP contribution < -0.4 is 5.32 Å². The number of amides is 1. The predicted molar refractivity (Wildman–Crippen MR) is 99.8 cm³/mol. The van der Waals surface area contributed by atoms with Crippen LogP contribution in [0.5, 0.6) is 0 Å². The second-order valence-electron chi connectivity index (χ2n) is 5.81. The summed E-state index contributed by atoms with van der Waals surface area (Å²) in [5.74, 6) is 0.908. The number of nitrogens with one attached hydrogen (secondary N) is 1. The van der Waals surface area contributed by atoms with E-state index in [9.17, 15) is 4.79 Å². The maximum absolute atomic E-state index is 11.8. The summed E-state index contributed by atoms with van der Waals surface area (Å²) in [6, 6.07) is 16.2. The van der Waals surface area contributed by atoms with E-state index in [1.807, 2.05) is 44.2 Å². The van der Waals surface area contributed by atoms with Crippen molar-refractivity contribution in [3.63, 3.8) is 0 Å². The molecule has 0 saturated carbocycles. The number of para-hydroxylation sites is 2. The van der Waals surface area contributed by atoms with Crippen LogP contribution in [0, 0.1) is 0 Å². The molecule has 1 unspecified atom stereocenters. The Kier molecular flexibility index (Phi) is 5.00. The highest BCUT2D eigenvalue weighted by atomic mass is 79.9. The molecule has 1 atom stereocenters. The Hall–Kier alpha value is -2.14. The molecule has 0 aliphatic rings. The lowest BCUT2D eigenvalue weighted by Gasteiger charge is -2.16.